The molecule has 0 heterocycles. The van der Waals surface area contributed by atoms with Crippen LogP contribution in [0, 0.1) is 52.3 Å². The third-order valence-corrected chi connectivity index (χ3v) is 10.2. The lowest BCUT2D eigenvalue weighted by molar-refractivity contribution is -0.122. The molecule has 3 fully saturated rings. The second-order valence-corrected chi connectivity index (χ2v) is 12.1. The fraction of sp³-hybridized carbons (Fsp3) is 0.889. The highest BCUT2D eigenvalue weighted by atomic mass is 16.1. The molecule has 0 aliphatic heterocycles. The van der Waals surface area contributed by atoms with Crippen molar-refractivity contribution in [3.63, 3.8) is 0 Å². The molecular formula is C27H44O. The maximum atomic E-state index is 12.0. The van der Waals surface area contributed by atoms with Crippen LogP contribution in [0.1, 0.15) is 98.8 Å². The zero-order valence-corrected chi connectivity index (χ0v) is 19.2. The molecule has 28 heavy (non-hydrogen) atoms. The molecule has 0 spiro atoms. The Hall–Kier alpha value is -0.590. The molecule has 0 aromatic carbocycles. The Labute approximate surface area is 174 Å². The lowest BCUT2D eigenvalue weighted by Gasteiger charge is -2.59. The summed E-state index contributed by atoms with van der Waals surface area (Å²) in [6.45, 7) is 12.5. The van der Waals surface area contributed by atoms with Gasteiger partial charge < -0.3 is 0 Å². The molecule has 4 aliphatic rings. The average molecular weight is 385 g/mol. The number of hydrogen-bond donors (Lipinski definition) is 0. The van der Waals surface area contributed by atoms with Crippen molar-refractivity contribution in [3.05, 3.63) is 12.2 Å². The van der Waals surface area contributed by atoms with Crippen molar-refractivity contribution in [1.29, 1.82) is 0 Å². The first-order valence-corrected chi connectivity index (χ1v) is 12.5. The molecular weight excluding hydrogens is 340 g/mol. The van der Waals surface area contributed by atoms with E-state index in [1.54, 1.807) is 0 Å². The van der Waals surface area contributed by atoms with Gasteiger partial charge in [-0.1, -0.05) is 60.0 Å². The van der Waals surface area contributed by atoms with Crippen LogP contribution in [-0.4, -0.2) is 5.78 Å². The molecule has 4 aliphatic carbocycles. The summed E-state index contributed by atoms with van der Waals surface area (Å²) in [7, 11) is 0. The summed E-state index contributed by atoms with van der Waals surface area (Å²) in [5.41, 5.74) is 0.870. The standard InChI is InChI=1S/C27H44O/c1-18(2)7-6-8-19(3)23-11-12-24-22-10-9-20-17-21(28)13-15-26(20,4)25(22)14-16-27(23,24)5/h13,15,18-20,22-25H,6-12,14,16-17H2,1-5H3/t19-,20?,22?,23-,24?,25?,26+,27-/m1/s1. The number of rotatable bonds is 5. The number of carbonyl (C=O) groups excluding carboxylic acids is 1. The van der Waals surface area contributed by atoms with Gasteiger partial charge in [0.25, 0.3) is 0 Å². The Bertz CT molecular complexity index is 618. The van der Waals surface area contributed by atoms with E-state index in [4.69, 9.17) is 0 Å². The number of allylic oxidation sites excluding steroid dienone is 2. The van der Waals surface area contributed by atoms with Crippen molar-refractivity contribution in [2.24, 2.45) is 52.3 Å². The molecule has 0 radical (unpaired) electrons. The maximum Gasteiger partial charge on any atom is 0.155 e. The molecule has 0 aromatic heterocycles. The van der Waals surface area contributed by atoms with Crippen LogP contribution in [0.2, 0.25) is 0 Å². The third-order valence-electron chi connectivity index (χ3n) is 10.2. The van der Waals surface area contributed by atoms with Crippen LogP contribution in [0.3, 0.4) is 0 Å². The second-order valence-electron chi connectivity index (χ2n) is 12.1. The van der Waals surface area contributed by atoms with E-state index in [9.17, 15) is 4.79 Å². The third kappa shape index (κ3) is 3.33. The van der Waals surface area contributed by atoms with E-state index in [0.29, 0.717) is 22.5 Å². The minimum Gasteiger partial charge on any atom is -0.295 e. The van der Waals surface area contributed by atoms with Gasteiger partial charge in [0.05, 0.1) is 0 Å². The average Bonchev–Trinajstić information content (AvgIpc) is 2.99. The number of fused-ring (bicyclic) bond motifs is 5. The zero-order chi connectivity index (χ0) is 20.1. The predicted molar refractivity (Wildman–Crippen MR) is 118 cm³/mol. The van der Waals surface area contributed by atoms with E-state index < -0.39 is 0 Å². The van der Waals surface area contributed by atoms with E-state index in [1.807, 2.05) is 6.08 Å². The Kier molecular flexibility index (Phi) is 5.60. The fourth-order valence-electron chi connectivity index (χ4n) is 8.66. The highest BCUT2D eigenvalue weighted by Gasteiger charge is 2.59. The molecule has 158 valence electrons. The fourth-order valence-corrected chi connectivity index (χ4v) is 8.66. The topological polar surface area (TPSA) is 17.1 Å². The van der Waals surface area contributed by atoms with Gasteiger partial charge in [-0.25, -0.2) is 0 Å². The van der Waals surface area contributed by atoms with Crippen LogP contribution < -0.4 is 0 Å². The zero-order valence-electron chi connectivity index (χ0n) is 19.2. The molecule has 0 N–H and O–H groups in total. The summed E-state index contributed by atoms with van der Waals surface area (Å²) >= 11 is 0. The lowest BCUT2D eigenvalue weighted by Crippen LogP contribution is -2.52. The number of hydrogen-bond acceptors (Lipinski definition) is 1. The SMILES string of the molecule is CC(C)CCC[C@@H](C)[C@H]1CCC2C3CCC4CC(=O)C=C[C@]4(C)C3CC[C@@]21C. The molecule has 8 atom stereocenters. The van der Waals surface area contributed by atoms with Gasteiger partial charge in [-0.2, -0.15) is 0 Å². The van der Waals surface area contributed by atoms with E-state index in [0.717, 1.165) is 41.9 Å². The highest BCUT2D eigenvalue weighted by Crippen LogP contribution is 2.67. The minimum absolute atomic E-state index is 0.291. The van der Waals surface area contributed by atoms with Crippen LogP contribution in [-0.2, 0) is 4.79 Å². The molecule has 1 heteroatoms. The molecule has 0 amide bonds. The quantitative estimate of drug-likeness (QED) is 0.481. The smallest absolute Gasteiger partial charge is 0.155 e. The van der Waals surface area contributed by atoms with E-state index in [-0.39, 0.29) is 0 Å². The first-order chi connectivity index (χ1) is 13.3. The van der Waals surface area contributed by atoms with Gasteiger partial charge in [-0.05, 0) is 96.9 Å². The van der Waals surface area contributed by atoms with E-state index >= 15 is 0 Å². The van der Waals surface area contributed by atoms with Gasteiger partial charge in [0.2, 0.25) is 0 Å². The highest BCUT2D eigenvalue weighted by molar-refractivity contribution is 5.91. The minimum atomic E-state index is 0.291. The van der Waals surface area contributed by atoms with Crippen molar-refractivity contribution >= 4 is 5.78 Å². The summed E-state index contributed by atoms with van der Waals surface area (Å²) in [4.78, 5) is 12.0. The predicted octanol–water partition coefficient (Wildman–Crippen LogP) is 7.45. The van der Waals surface area contributed by atoms with E-state index in [2.05, 4.69) is 40.7 Å². The largest absolute Gasteiger partial charge is 0.295 e. The lowest BCUT2D eigenvalue weighted by atomic mass is 9.45. The summed E-state index contributed by atoms with van der Waals surface area (Å²) < 4.78 is 0. The first-order valence-electron chi connectivity index (χ1n) is 12.5. The molecule has 0 aromatic rings. The first kappa shape index (κ1) is 20.7. The van der Waals surface area contributed by atoms with Crippen LogP contribution in [0.15, 0.2) is 12.2 Å². The van der Waals surface area contributed by atoms with Gasteiger partial charge in [0, 0.05) is 6.42 Å². The van der Waals surface area contributed by atoms with Gasteiger partial charge in [-0.15, -0.1) is 0 Å². The summed E-state index contributed by atoms with van der Waals surface area (Å²) in [5.74, 6) is 6.34. The molecule has 4 rings (SSSR count). The number of carbonyl (C=O) groups is 1. The Morgan fingerprint density at radius 3 is 2.54 bits per heavy atom. The second kappa shape index (κ2) is 7.59. The Morgan fingerprint density at radius 2 is 1.79 bits per heavy atom. The van der Waals surface area contributed by atoms with Crippen LogP contribution in [0.25, 0.3) is 0 Å². The van der Waals surface area contributed by atoms with Crippen molar-refractivity contribution in [3.8, 4) is 0 Å². The van der Waals surface area contributed by atoms with Gasteiger partial charge in [0.1, 0.15) is 0 Å². The van der Waals surface area contributed by atoms with Crippen molar-refractivity contribution < 1.29 is 4.79 Å². The molecule has 0 saturated heterocycles. The monoisotopic (exact) mass is 384 g/mol. The number of ketones is 1. The molecule has 1 nitrogen and oxygen atoms in total. The van der Waals surface area contributed by atoms with Gasteiger partial charge in [-0.3, -0.25) is 4.79 Å². The van der Waals surface area contributed by atoms with Gasteiger partial charge >= 0.3 is 0 Å². The van der Waals surface area contributed by atoms with Crippen LogP contribution in [0.5, 0.6) is 0 Å². The van der Waals surface area contributed by atoms with E-state index in [1.165, 1.54) is 57.8 Å². The normalized spacial score (nSPS) is 46.2. The van der Waals surface area contributed by atoms with Gasteiger partial charge in [0.15, 0.2) is 5.78 Å². The molecule has 3 saturated carbocycles. The summed E-state index contributed by atoms with van der Waals surface area (Å²) in [6, 6.07) is 0. The summed E-state index contributed by atoms with van der Waals surface area (Å²) in [6.07, 6.45) is 17.8. The maximum absolute atomic E-state index is 12.0. The van der Waals surface area contributed by atoms with Crippen molar-refractivity contribution in [2.45, 2.75) is 98.8 Å². The summed E-state index contributed by atoms with van der Waals surface area (Å²) in [5, 5.41) is 0. The molecule has 0 bridgehead atoms. The molecule has 4 unspecified atom stereocenters. The van der Waals surface area contributed by atoms with Crippen LogP contribution >= 0.6 is 0 Å². The Morgan fingerprint density at radius 1 is 1.00 bits per heavy atom. The Balaban J connectivity index is 1.49. The van der Waals surface area contributed by atoms with Crippen molar-refractivity contribution in [1.82, 2.24) is 0 Å². The van der Waals surface area contributed by atoms with Crippen LogP contribution in [0.4, 0.5) is 0 Å². The van der Waals surface area contributed by atoms with Crippen molar-refractivity contribution in [2.75, 3.05) is 0 Å².